The maximum atomic E-state index is 13.0. The van der Waals surface area contributed by atoms with Crippen molar-refractivity contribution < 1.29 is 9.13 Å². The number of halogens is 1. The highest BCUT2D eigenvalue weighted by Gasteiger charge is 2.17. The van der Waals surface area contributed by atoms with Gasteiger partial charge in [-0.2, -0.15) is 9.49 Å². The molecule has 136 valence electrons. The number of fused-ring (bicyclic) bond motifs is 1. The molecule has 5 heterocycles. The van der Waals surface area contributed by atoms with Gasteiger partial charge in [-0.25, -0.2) is 14.6 Å². The number of hydrogen-bond acceptors (Lipinski definition) is 5. The molecule has 1 fully saturated rings. The zero-order valence-corrected chi connectivity index (χ0v) is 15.3. The van der Waals surface area contributed by atoms with Gasteiger partial charge in [-0.3, -0.25) is 0 Å². The summed E-state index contributed by atoms with van der Waals surface area (Å²) in [5.74, 6) is -0.489. The second kappa shape index (κ2) is 6.83. The molecular weight excluding hydrogens is 363 g/mol. The molecule has 1 aliphatic rings. The van der Waals surface area contributed by atoms with E-state index in [0.717, 1.165) is 51.4 Å². The molecule has 0 aromatic carbocycles. The third kappa shape index (κ3) is 3.24. The third-order valence-electron chi connectivity index (χ3n) is 4.74. The standard InChI is InChI=1S/C20H17FN4OS/c21-18-7-5-14(10-22-18)16-6-4-13-9-17(27-20(13)24-16)15-11-23-25(12-15)19-3-1-2-8-26-19/h4-7,9-12,19H,1-3,8H2. The lowest BCUT2D eigenvalue weighted by atomic mass is 10.2. The van der Waals surface area contributed by atoms with Crippen LogP contribution in [0.2, 0.25) is 0 Å². The van der Waals surface area contributed by atoms with Crippen LogP contribution in [0.25, 0.3) is 31.9 Å². The summed E-state index contributed by atoms with van der Waals surface area (Å²) in [4.78, 5) is 10.5. The molecule has 1 atom stereocenters. The predicted molar refractivity (Wildman–Crippen MR) is 103 cm³/mol. The number of hydrogen-bond donors (Lipinski definition) is 0. The van der Waals surface area contributed by atoms with Crippen molar-refractivity contribution in [1.82, 2.24) is 19.7 Å². The Morgan fingerprint density at radius 1 is 1.11 bits per heavy atom. The monoisotopic (exact) mass is 380 g/mol. The van der Waals surface area contributed by atoms with E-state index in [-0.39, 0.29) is 6.23 Å². The summed E-state index contributed by atoms with van der Waals surface area (Å²) < 4.78 is 20.8. The lowest BCUT2D eigenvalue weighted by Gasteiger charge is -2.22. The van der Waals surface area contributed by atoms with Crippen molar-refractivity contribution in [2.45, 2.75) is 25.5 Å². The van der Waals surface area contributed by atoms with Crippen LogP contribution in [0.15, 0.2) is 48.9 Å². The van der Waals surface area contributed by atoms with Crippen molar-refractivity contribution in [3.8, 4) is 21.7 Å². The highest BCUT2D eigenvalue weighted by Crippen LogP contribution is 2.34. The topological polar surface area (TPSA) is 52.8 Å². The van der Waals surface area contributed by atoms with Crippen LogP contribution in [-0.2, 0) is 4.74 Å². The molecule has 0 aliphatic carbocycles. The summed E-state index contributed by atoms with van der Waals surface area (Å²) in [5, 5.41) is 5.57. The van der Waals surface area contributed by atoms with Crippen LogP contribution >= 0.6 is 11.3 Å². The summed E-state index contributed by atoms with van der Waals surface area (Å²) in [7, 11) is 0. The summed E-state index contributed by atoms with van der Waals surface area (Å²) in [6.07, 6.45) is 8.78. The maximum absolute atomic E-state index is 13.0. The molecule has 4 aromatic rings. The second-order valence-electron chi connectivity index (χ2n) is 6.60. The van der Waals surface area contributed by atoms with Gasteiger partial charge in [0.15, 0.2) is 0 Å². The fourth-order valence-corrected chi connectivity index (χ4v) is 4.31. The number of nitrogens with zero attached hydrogens (tertiary/aromatic N) is 4. The molecule has 0 bridgehead atoms. The lowest BCUT2D eigenvalue weighted by Crippen LogP contribution is -2.18. The summed E-state index contributed by atoms with van der Waals surface area (Å²) in [6.45, 7) is 0.799. The SMILES string of the molecule is Fc1ccc(-c2ccc3cc(-c4cnn(C5CCCCO5)c4)sc3n2)cn1. The van der Waals surface area contributed by atoms with Gasteiger partial charge in [0.25, 0.3) is 0 Å². The van der Waals surface area contributed by atoms with Crippen LogP contribution in [0.5, 0.6) is 0 Å². The van der Waals surface area contributed by atoms with Gasteiger partial charge in [0.05, 0.1) is 11.9 Å². The molecule has 0 spiro atoms. The van der Waals surface area contributed by atoms with E-state index >= 15 is 0 Å². The minimum atomic E-state index is -0.489. The molecule has 1 unspecified atom stereocenters. The number of ether oxygens (including phenoxy) is 1. The zero-order valence-electron chi connectivity index (χ0n) is 14.5. The predicted octanol–water partition coefficient (Wildman–Crippen LogP) is 5.06. The average Bonchev–Trinajstić information content (AvgIpc) is 3.36. The van der Waals surface area contributed by atoms with Gasteiger partial charge in [0, 0.05) is 40.4 Å². The molecule has 0 saturated carbocycles. The average molecular weight is 380 g/mol. The third-order valence-corrected chi connectivity index (χ3v) is 5.84. The Morgan fingerprint density at radius 2 is 2.07 bits per heavy atom. The minimum Gasteiger partial charge on any atom is -0.357 e. The van der Waals surface area contributed by atoms with Gasteiger partial charge in [-0.05, 0) is 49.6 Å². The van der Waals surface area contributed by atoms with E-state index in [1.807, 2.05) is 29.2 Å². The Morgan fingerprint density at radius 3 is 2.89 bits per heavy atom. The van der Waals surface area contributed by atoms with Gasteiger partial charge in [0.2, 0.25) is 5.95 Å². The quantitative estimate of drug-likeness (QED) is 0.466. The van der Waals surface area contributed by atoms with Crippen LogP contribution in [-0.4, -0.2) is 26.4 Å². The smallest absolute Gasteiger partial charge is 0.212 e. The first-order valence-electron chi connectivity index (χ1n) is 8.95. The van der Waals surface area contributed by atoms with Gasteiger partial charge in [0.1, 0.15) is 11.1 Å². The first-order valence-corrected chi connectivity index (χ1v) is 9.76. The van der Waals surface area contributed by atoms with Crippen LogP contribution in [0, 0.1) is 5.95 Å². The molecule has 7 heteroatoms. The van der Waals surface area contributed by atoms with Crippen LogP contribution in [0.1, 0.15) is 25.5 Å². The Balaban J connectivity index is 1.46. The molecule has 5 rings (SSSR count). The first-order chi connectivity index (χ1) is 13.3. The normalized spacial score (nSPS) is 17.4. The fraction of sp³-hybridized carbons (Fsp3) is 0.250. The summed E-state index contributed by atoms with van der Waals surface area (Å²) >= 11 is 1.62. The highest BCUT2D eigenvalue weighted by atomic mass is 32.1. The van der Waals surface area contributed by atoms with Gasteiger partial charge in [-0.15, -0.1) is 11.3 Å². The van der Waals surface area contributed by atoms with E-state index in [0.29, 0.717) is 0 Å². The van der Waals surface area contributed by atoms with E-state index in [9.17, 15) is 4.39 Å². The lowest BCUT2D eigenvalue weighted by molar-refractivity contribution is -0.0394. The second-order valence-corrected chi connectivity index (χ2v) is 7.63. The number of pyridine rings is 2. The Labute approximate surface area is 159 Å². The minimum absolute atomic E-state index is 0.0394. The Bertz CT molecular complexity index is 1080. The maximum Gasteiger partial charge on any atom is 0.212 e. The molecule has 0 N–H and O–H groups in total. The fourth-order valence-electron chi connectivity index (χ4n) is 3.30. The van der Waals surface area contributed by atoms with Crippen molar-refractivity contribution in [2.24, 2.45) is 0 Å². The van der Waals surface area contributed by atoms with Crippen molar-refractivity contribution in [2.75, 3.05) is 6.61 Å². The molecule has 4 aromatic heterocycles. The van der Waals surface area contributed by atoms with Crippen LogP contribution < -0.4 is 0 Å². The van der Waals surface area contributed by atoms with Crippen LogP contribution in [0.4, 0.5) is 4.39 Å². The number of rotatable bonds is 3. The van der Waals surface area contributed by atoms with E-state index in [1.54, 1.807) is 17.4 Å². The van der Waals surface area contributed by atoms with Gasteiger partial charge >= 0.3 is 0 Å². The van der Waals surface area contributed by atoms with Crippen molar-refractivity contribution >= 4 is 21.6 Å². The molecule has 1 saturated heterocycles. The summed E-state index contributed by atoms with van der Waals surface area (Å²) in [6, 6.07) is 9.15. The first kappa shape index (κ1) is 16.5. The van der Waals surface area contributed by atoms with E-state index < -0.39 is 5.95 Å². The van der Waals surface area contributed by atoms with Crippen molar-refractivity contribution in [3.63, 3.8) is 0 Å². The Kier molecular flexibility index (Phi) is 4.18. The van der Waals surface area contributed by atoms with Crippen molar-refractivity contribution in [1.29, 1.82) is 0 Å². The zero-order chi connectivity index (χ0) is 18.2. The largest absolute Gasteiger partial charge is 0.357 e. The van der Waals surface area contributed by atoms with Crippen LogP contribution in [0.3, 0.4) is 0 Å². The molecule has 0 radical (unpaired) electrons. The van der Waals surface area contributed by atoms with Gasteiger partial charge in [-0.1, -0.05) is 0 Å². The molecule has 27 heavy (non-hydrogen) atoms. The molecule has 0 amide bonds. The van der Waals surface area contributed by atoms with E-state index in [4.69, 9.17) is 9.72 Å². The Hall–Kier alpha value is -2.64. The van der Waals surface area contributed by atoms with E-state index in [1.165, 1.54) is 18.7 Å². The number of aromatic nitrogens is 4. The number of thiophene rings is 1. The van der Waals surface area contributed by atoms with Gasteiger partial charge < -0.3 is 4.74 Å². The molecule has 1 aliphatic heterocycles. The van der Waals surface area contributed by atoms with Crippen molar-refractivity contribution in [3.05, 3.63) is 54.9 Å². The van der Waals surface area contributed by atoms with E-state index in [2.05, 4.69) is 16.1 Å². The summed E-state index contributed by atoms with van der Waals surface area (Å²) in [5.41, 5.74) is 2.65. The highest BCUT2D eigenvalue weighted by molar-refractivity contribution is 7.21. The molecular formula is C20H17FN4OS. The molecule has 5 nitrogen and oxygen atoms in total.